The zero-order valence-corrected chi connectivity index (χ0v) is 10.6. The Kier molecular flexibility index (Phi) is 34.2. The van der Waals surface area contributed by atoms with Crippen LogP contribution in [0.3, 0.4) is 0 Å². The van der Waals surface area contributed by atoms with E-state index >= 15 is 0 Å². The topological polar surface area (TPSA) is 72.0 Å². The molecule has 0 rings (SSSR count). The molecule has 0 unspecified atom stereocenters. The first-order chi connectivity index (χ1) is 5.41. The minimum absolute atomic E-state index is 0. The molecule has 86 valence electrons. The maximum atomic E-state index is 8.07. The molecule has 0 aromatic carbocycles. The van der Waals surface area contributed by atoms with Gasteiger partial charge in [-0.2, -0.15) is 0 Å². The van der Waals surface area contributed by atoms with E-state index in [2.05, 4.69) is 6.92 Å². The van der Waals surface area contributed by atoms with Crippen LogP contribution in [0.4, 0.5) is 0 Å². The van der Waals surface area contributed by atoms with Crippen molar-refractivity contribution < 1.29 is 15.7 Å². The molecular formula is C6H16Cl4O3. The van der Waals surface area contributed by atoms with Crippen molar-refractivity contribution in [1.82, 2.24) is 0 Å². The number of aliphatic hydroxyl groups is 2. The fraction of sp³-hybridized carbons (Fsp3) is 1.00. The Bertz CT molecular complexity index is 59.4. The number of aliphatic hydroxyl groups excluding tert-OH is 2. The Balaban J connectivity index is -0.0000000491. The lowest BCUT2D eigenvalue weighted by atomic mass is 10.4. The Morgan fingerprint density at radius 3 is 1.31 bits per heavy atom. The molecule has 0 radical (unpaired) electrons. The molecule has 0 spiro atoms. The van der Waals surface area contributed by atoms with Gasteiger partial charge in [0.2, 0.25) is 0 Å². The summed E-state index contributed by atoms with van der Waals surface area (Å²) in [4.78, 5) is 0. The normalized spacial score (nSPS) is 8.31. The highest BCUT2D eigenvalue weighted by molar-refractivity contribution is 6.83. The summed E-state index contributed by atoms with van der Waals surface area (Å²) in [5, 5.41) is 15.1. The third kappa shape index (κ3) is 172. The van der Waals surface area contributed by atoms with Crippen molar-refractivity contribution in [2.24, 2.45) is 0 Å². The Morgan fingerprint density at radius 1 is 1.08 bits per heavy atom. The van der Waals surface area contributed by atoms with Crippen molar-refractivity contribution in [2.75, 3.05) is 13.7 Å². The molecule has 0 saturated heterocycles. The molecule has 4 N–H and O–H groups in total. The first kappa shape index (κ1) is 23.7. The van der Waals surface area contributed by atoms with Gasteiger partial charge in [-0.15, -0.1) is 0 Å². The summed E-state index contributed by atoms with van der Waals surface area (Å²) < 4.78 is -1.61. The molecule has 3 nitrogen and oxygen atoms in total. The number of hydrogen-bond acceptors (Lipinski definition) is 2. The lowest BCUT2D eigenvalue weighted by molar-refractivity contribution is 0.287. The van der Waals surface area contributed by atoms with Gasteiger partial charge in [-0.25, -0.2) is 0 Å². The molecule has 0 aliphatic carbocycles. The van der Waals surface area contributed by atoms with Gasteiger partial charge < -0.3 is 15.7 Å². The summed E-state index contributed by atoms with van der Waals surface area (Å²) in [5.41, 5.74) is 0. The van der Waals surface area contributed by atoms with E-state index in [1.165, 1.54) is 0 Å². The number of rotatable bonds is 2. The maximum absolute atomic E-state index is 8.07. The van der Waals surface area contributed by atoms with Crippen LogP contribution in [0.2, 0.25) is 0 Å². The Morgan fingerprint density at radius 2 is 1.31 bits per heavy atom. The van der Waals surface area contributed by atoms with E-state index in [1.807, 2.05) is 0 Å². The molecular weight excluding hydrogens is 262 g/mol. The van der Waals surface area contributed by atoms with Crippen LogP contribution in [0, 0.1) is 0 Å². The van der Waals surface area contributed by atoms with Crippen molar-refractivity contribution in [3.63, 3.8) is 0 Å². The second-order valence-electron chi connectivity index (χ2n) is 1.51. The summed E-state index contributed by atoms with van der Waals surface area (Å²) in [6, 6.07) is 0. The minimum atomic E-state index is -1.61. The lowest BCUT2D eigenvalue weighted by Gasteiger charge is -1.91. The number of unbranched alkanes of at least 4 members (excludes halogenated alkanes) is 1. The largest absolute Gasteiger partial charge is 0.412 e. The van der Waals surface area contributed by atoms with Crippen molar-refractivity contribution in [1.29, 1.82) is 0 Å². The SMILES string of the molecule is CCCCO.CO.ClC(Cl)(Cl)Cl.O. The van der Waals surface area contributed by atoms with Crippen LogP contribution in [-0.4, -0.2) is 32.7 Å². The maximum Gasteiger partial charge on any atom is 0.266 e. The van der Waals surface area contributed by atoms with Crippen molar-refractivity contribution in [3.05, 3.63) is 0 Å². The van der Waals surface area contributed by atoms with E-state index in [0.717, 1.165) is 20.0 Å². The van der Waals surface area contributed by atoms with Crippen LogP contribution < -0.4 is 0 Å². The van der Waals surface area contributed by atoms with Gasteiger partial charge >= 0.3 is 0 Å². The fourth-order valence-corrected chi connectivity index (χ4v) is 0.158. The van der Waals surface area contributed by atoms with Crippen molar-refractivity contribution >= 4 is 46.4 Å². The molecule has 13 heavy (non-hydrogen) atoms. The quantitative estimate of drug-likeness (QED) is 0.759. The van der Waals surface area contributed by atoms with Crippen LogP contribution in [0.15, 0.2) is 0 Å². The molecule has 0 aromatic rings. The molecule has 7 heteroatoms. The Labute approximate surface area is 98.9 Å². The summed E-state index contributed by atoms with van der Waals surface area (Å²) in [7, 11) is 1.00. The van der Waals surface area contributed by atoms with Crippen LogP contribution in [-0.2, 0) is 0 Å². The minimum Gasteiger partial charge on any atom is -0.412 e. The van der Waals surface area contributed by atoms with E-state index in [-0.39, 0.29) is 5.48 Å². The van der Waals surface area contributed by atoms with Crippen LogP contribution >= 0.6 is 46.4 Å². The third-order valence-corrected chi connectivity index (χ3v) is 0.512. The van der Waals surface area contributed by atoms with Crippen LogP contribution in [0.25, 0.3) is 0 Å². The van der Waals surface area contributed by atoms with Gasteiger partial charge in [0.1, 0.15) is 0 Å². The lowest BCUT2D eigenvalue weighted by Crippen LogP contribution is -1.81. The number of halogens is 4. The van der Waals surface area contributed by atoms with Gasteiger partial charge in [-0.3, -0.25) is 0 Å². The molecule has 0 aliphatic rings. The molecule has 0 atom stereocenters. The second kappa shape index (κ2) is 18.8. The van der Waals surface area contributed by atoms with E-state index in [4.69, 9.17) is 56.6 Å². The summed E-state index contributed by atoms with van der Waals surface area (Å²) >= 11 is 19.3. The molecule has 0 heterocycles. The summed E-state index contributed by atoms with van der Waals surface area (Å²) in [6.45, 7) is 2.40. The van der Waals surface area contributed by atoms with Gasteiger partial charge in [-0.1, -0.05) is 59.7 Å². The van der Waals surface area contributed by atoms with Crippen LogP contribution in [0.1, 0.15) is 19.8 Å². The fourth-order valence-electron chi connectivity index (χ4n) is 0.158. The monoisotopic (exact) mass is 276 g/mol. The summed E-state index contributed by atoms with van der Waals surface area (Å²) in [6.07, 6.45) is 2.04. The highest BCUT2D eigenvalue weighted by Crippen LogP contribution is 2.29. The Hall–Kier alpha value is 1.04. The number of alkyl halides is 4. The van der Waals surface area contributed by atoms with Crippen LogP contribution in [0.5, 0.6) is 0 Å². The average molecular weight is 278 g/mol. The van der Waals surface area contributed by atoms with Gasteiger partial charge in [-0.05, 0) is 6.42 Å². The van der Waals surface area contributed by atoms with Crippen molar-refractivity contribution in [3.8, 4) is 0 Å². The molecule has 0 aliphatic heterocycles. The zero-order chi connectivity index (χ0) is 10.6. The summed E-state index contributed by atoms with van der Waals surface area (Å²) in [5.74, 6) is 0. The number of hydrogen-bond donors (Lipinski definition) is 2. The molecule has 0 aromatic heterocycles. The van der Waals surface area contributed by atoms with E-state index in [9.17, 15) is 0 Å². The highest BCUT2D eigenvalue weighted by Gasteiger charge is 2.11. The van der Waals surface area contributed by atoms with Crippen molar-refractivity contribution in [2.45, 2.75) is 23.0 Å². The smallest absolute Gasteiger partial charge is 0.266 e. The third-order valence-electron chi connectivity index (χ3n) is 0.512. The zero-order valence-electron chi connectivity index (χ0n) is 7.53. The molecule has 0 saturated carbocycles. The van der Waals surface area contributed by atoms with Gasteiger partial charge in [0.25, 0.3) is 3.25 Å². The standard InChI is InChI=1S/C4H10O.CCl4.CH4O.H2O/c1-2-3-4-5;2-1(3,4)5;1-2;/h5H,2-4H2,1H3;;2H,1H3;1H2. The predicted molar refractivity (Wildman–Crippen MR) is 59.9 cm³/mol. The predicted octanol–water partition coefficient (Wildman–Crippen LogP) is 2.12. The van der Waals surface area contributed by atoms with E-state index in [0.29, 0.717) is 6.61 Å². The van der Waals surface area contributed by atoms with Gasteiger partial charge in [0, 0.05) is 13.7 Å². The van der Waals surface area contributed by atoms with E-state index < -0.39 is 3.25 Å². The molecule has 0 bridgehead atoms. The molecule has 0 amide bonds. The molecule has 0 fully saturated rings. The van der Waals surface area contributed by atoms with Gasteiger partial charge in [0.15, 0.2) is 0 Å². The average Bonchev–Trinajstić information content (AvgIpc) is 1.90. The van der Waals surface area contributed by atoms with Gasteiger partial charge in [0.05, 0.1) is 0 Å². The first-order valence-corrected chi connectivity index (χ1v) is 4.74. The first-order valence-electron chi connectivity index (χ1n) is 3.23. The second-order valence-corrected chi connectivity index (χ2v) is 4.93. The van der Waals surface area contributed by atoms with E-state index in [1.54, 1.807) is 0 Å². The highest BCUT2D eigenvalue weighted by atomic mass is 35.6.